The quantitative estimate of drug-likeness (QED) is 0.693. The minimum atomic E-state index is -0.596. The van der Waals surface area contributed by atoms with Crippen molar-refractivity contribution in [1.29, 1.82) is 0 Å². The maximum absolute atomic E-state index is 14.0. The van der Waals surface area contributed by atoms with Crippen molar-refractivity contribution in [2.45, 2.75) is 20.3 Å². The number of rotatable bonds is 1. The molecule has 88 valence electrons. The third kappa shape index (κ3) is 2.01. The Morgan fingerprint density at radius 3 is 2.82 bits per heavy atom. The van der Waals surface area contributed by atoms with Crippen molar-refractivity contribution in [2.75, 3.05) is 11.4 Å². The molecule has 2 rings (SSSR count). The molecule has 0 aliphatic carbocycles. The molecule has 17 heavy (non-hydrogen) atoms. The number of carbonyl (C=O) groups is 1. The van der Waals surface area contributed by atoms with Gasteiger partial charge in [-0.1, -0.05) is 19.8 Å². The molecule has 1 aromatic rings. The van der Waals surface area contributed by atoms with Gasteiger partial charge in [0, 0.05) is 19.2 Å². The van der Waals surface area contributed by atoms with Gasteiger partial charge in [-0.25, -0.2) is 9.37 Å². The Bertz CT molecular complexity index is 517. The summed E-state index contributed by atoms with van der Waals surface area (Å²) in [5, 5.41) is 0. The summed E-state index contributed by atoms with van der Waals surface area (Å²) in [5.74, 6) is 1.57. The number of halogens is 1. The molecule has 0 spiro atoms. The summed E-state index contributed by atoms with van der Waals surface area (Å²) in [4.78, 5) is 17.1. The van der Waals surface area contributed by atoms with Crippen molar-refractivity contribution in [3.8, 4) is 12.3 Å². The van der Waals surface area contributed by atoms with E-state index in [9.17, 15) is 9.18 Å². The van der Waals surface area contributed by atoms with E-state index in [1.54, 1.807) is 0 Å². The van der Waals surface area contributed by atoms with Crippen molar-refractivity contribution in [1.82, 2.24) is 4.98 Å². The fourth-order valence-electron chi connectivity index (χ4n) is 2.00. The number of pyridine rings is 1. The maximum Gasteiger partial charge on any atom is 0.228 e. The predicted octanol–water partition coefficient (Wildman–Crippen LogP) is 1.96. The molecule has 2 heterocycles. The fraction of sp³-hybridized carbons (Fsp3) is 0.385. The minimum Gasteiger partial charge on any atom is -0.294 e. The van der Waals surface area contributed by atoms with E-state index in [-0.39, 0.29) is 22.7 Å². The maximum atomic E-state index is 14.0. The molecule has 1 amide bonds. The topological polar surface area (TPSA) is 33.2 Å². The number of hydrogen-bond donors (Lipinski definition) is 0. The van der Waals surface area contributed by atoms with Crippen LogP contribution in [0.1, 0.15) is 25.8 Å². The largest absolute Gasteiger partial charge is 0.294 e. The fourth-order valence-corrected chi connectivity index (χ4v) is 2.00. The van der Waals surface area contributed by atoms with E-state index in [1.165, 1.54) is 17.2 Å². The lowest BCUT2D eigenvalue weighted by Crippen LogP contribution is -2.28. The molecule has 1 fully saturated rings. The Morgan fingerprint density at radius 1 is 1.59 bits per heavy atom. The first-order valence-corrected chi connectivity index (χ1v) is 5.36. The lowest BCUT2D eigenvalue weighted by atomic mass is 9.93. The Morgan fingerprint density at radius 2 is 2.29 bits per heavy atom. The van der Waals surface area contributed by atoms with Gasteiger partial charge in [0.1, 0.15) is 0 Å². The number of hydrogen-bond acceptors (Lipinski definition) is 2. The van der Waals surface area contributed by atoms with Gasteiger partial charge in [-0.15, -0.1) is 6.42 Å². The molecule has 0 atom stereocenters. The van der Waals surface area contributed by atoms with Gasteiger partial charge in [-0.05, 0) is 11.5 Å². The second-order valence-corrected chi connectivity index (χ2v) is 4.96. The summed E-state index contributed by atoms with van der Waals surface area (Å²) in [6.07, 6.45) is 7.00. The van der Waals surface area contributed by atoms with E-state index in [0.29, 0.717) is 13.0 Å². The van der Waals surface area contributed by atoms with E-state index in [4.69, 9.17) is 6.42 Å². The molecule has 1 aromatic heterocycles. The van der Waals surface area contributed by atoms with Crippen LogP contribution in [-0.2, 0) is 4.79 Å². The molecule has 3 nitrogen and oxygen atoms in total. The van der Waals surface area contributed by atoms with E-state index >= 15 is 0 Å². The van der Waals surface area contributed by atoms with Crippen LogP contribution in [0.5, 0.6) is 0 Å². The highest BCUT2D eigenvalue weighted by Crippen LogP contribution is 2.34. The Kier molecular flexibility index (Phi) is 2.62. The monoisotopic (exact) mass is 232 g/mol. The molecule has 4 heteroatoms. The van der Waals surface area contributed by atoms with Crippen LogP contribution >= 0.6 is 0 Å². The predicted molar refractivity (Wildman–Crippen MR) is 62.9 cm³/mol. The van der Waals surface area contributed by atoms with Gasteiger partial charge >= 0.3 is 0 Å². The summed E-state index contributed by atoms with van der Waals surface area (Å²) in [6.45, 7) is 4.39. The van der Waals surface area contributed by atoms with Gasteiger partial charge in [-0.2, -0.15) is 0 Å². The van der Waals surface area contributed by atoms with Crippen LogP contribution in [0.15, 0.2) is 12.3 Å². The van der Waals surface area contributed by atoms with Crippen molar-refractivity contribution in [2.24, 2.45) is 5.41 Å². The van der Waals surface area contributed by atoms with Crippen molar-refractivity contribution in [3.63, 3.8) is 0 Å². The van der Waals surface area contributed by atoms with Gasteiger partial charge in [0.25, 0.3) is 0 Å². The zero-order valence-corrected chi connectivity index (χ0v) is 9.83. The second-order valence-electron chi connectivity index (χ2n) is 4.96. The summed E-state index contributed by atoms with van der Waals surface area (Å²) < 4.78 is 14.0. The van der Waals surface area contributed by atoms with Crippen LogP contribution in [0.3, 0.4) is 0 Å². The van der Waals surface area contributed by atoms with E-state index < -0.39 is 5.82 Å². The van der Waals surface area contributed by atoms with Gasteiger partial charge in [0.05, 0.1) is 5.56 Å². The average Bonchev–Trinajstić information content (AvgIpc) is 2.52. The highest BCUT2D eigenvalue weighted by Gasteiger charge is 2.38. The van der Waals surface area contributed by atoms with Crippen LogP contribution in [0.4, 0.5) is 10.2 Å². The van der Waals surface area contributed by atoms with Crippen LogP contribution in [-0.4, -0.2) is 17.4 Å². The second kappa shape index (κ2) is 3.85. The lowest BCUT2D eigenvalue weighted by Gasteiger charge is -2.19. The van der Waals surface area contributed by atoms with Crippen LogP contribution < -0.4 is 4.90 Å². The molecule has 1 saturated heterocycles. The van der Waals surface area contributed by atoms with Crippen LogP contribution in [0, 0.1) is 23.6 Å². The van der Waals surface area contributed by atoms with Gasteiger partial charge in [0.2, 0.25) is 5.91 Å². The van der Waals surface area contributed by atoms with Crippen LogP contribution in [0.2, 0.25) is 0 Å². The van der Waals surface area contributed by atoms with Crippen molar-refractivity contribution in [3.05, 3.63) is 23.6 Å². The molecule has 0 unspecified atom stereocenters. The smallest absolute Gasteiger partial charge is 0.228 e. The first-order chi connectivity index (χ1) is 7.94. The molecule has 0 N–H and O–H groups in total. The normalized spacial score (nSPS) is 18.2. The zero-order chi connectivity index (χ0) is 12.6. The third-order valence-electron chi connectivity index (χ3n) is 2.80. The van der Waals surface area contributed by atoms with E-state index in [0.717, 1.165) is 0 Å². The summed E-state index contributed by atoms with van der Waals surface area (Å²) in [6, 6.07) is 1.42. The van der Waals surface area contributed by atoms with Gasteiger partial charge in [-0.3, -0.25) is 9.69 Å². The number of anilines is 1. The minimum absolute atomic E-state index is 0.0380. The first-order valence-electron chi connectivity index (χ1n) is 5.36. The molecule has 1 aliphatic rings. The number of amides is 1. The van der Waals surface area contributed by atoms with Gasteiger partial charge in [0.15, 0.2) is 11.6 Å². The zero-order valence-electron chi connectivity index (χ0n) is 9.83. The van der Waals surface area contributed by atoms with Gasteiger partial charge < -0.3 is 0 Å². The number of carbonyl (C=O) groups excluding carboxylic acids is 1. The molecule has 0 saturated carbocycles. The van der Waals surface area contributed by atoms with Crippen molar-refractivity contribution >= 4 is 11.7 Å². The molecule has 1 aliphatic heterocycles. The third-order valence-corrected chi connectivity index (χ3v) is 2.80. The summed E-state index contributed by atoms with van der Waals surface area (Å²) in [5.41, 5.74) is -0.0235. The van der Waals surface area contributed by atoms with E-state index in [1.807, 2.05) is 13.8 Å². The summed E-state index contributed by atoms with van der Waals surface area (Å²) >= 11 is 0. The number of nitrogens with zero attached hydrogens (tertiary/aromatic N) is 2. The Balaban J connectivity index is 2.43. The molecular formula is C13H13FN2O. The van der Waals surface area contributed by atoms with Crippen molar-refractivity contribution < 1.29 is 9.18 Å². The first kappa shape index (κ1) is 11.6. The number of aromatic nitrogens is 1. The number of terminal acetylenes is 1. The lowest BCUT2D eigenvalue weighted by molar-refractivity contribution is -0.117. The Labute approximate surface area is 99.7 Å². The highest BCUT2D eigenvalue weighted by molar-refractivity contribution is 5.95. The van der Waals surface area contributed by atoms with E-state index in [2.05, 4.69) is 10.9 Å². The average molecular weight is 232 g/mol. The molecule has 0 radical (unpaired) electrons. The summed E-state index contributed by atoms with van der Waals surface area (Å²) in [7, 11) is 0. The highest BCUT2D eigenvalue weighted by atomic mass is 19.1. The molecule has 0 aromatic carbocycles. The van der Waals surface area contributed by atoms with Crippen LogP contribution in [0.25, 0.3) is 0 Å². The molecule has 0 bridgehead atoms. The standard InChI is InChI=1S/C13H13FN2O/c1-4-9-5-6-15-12(11(9)14)16-8-13(2,3)7-10(16)17/h1,5-6H,7-8H2,2-3H3. The SMILES string of the molecule is C#Cc1ccnc(N2CC(C)(C)CC2=O)c1F. The Hall–Kier alpha value is -1.89. The molecular weight excluding hydrogens is 219 g/mol.